The molecule has 0 bridgehead atoms. The van der Waals surface area contributed by atoms with Crippen LogP contribution < -0.4 is 5.43 Å². The van der Waals surface area contributed by atoms with Crippen LogP contribution in [-0.2, 0) is 4.79 Å². The first-order valence-corrected chi connectivity index (χ1v) is 7.85. The molecule has 6 heteroatoms. The van der Waals surface area contributed by atoms with Crippen molar-refractivity contribution in [3.05, 3.63) is 35.8 Å². The Morgan fingerprint density at radius 2 is 2.14 bits per heavy atom. The Hall–Kier alpha value is -1.66. The molecule has 1 unspecified atom stereocenters. The number of allylic oxidation sites excluding steroid dienone is 2. The fourth-order valence-electron chi connectivity index (χ4n) is 3.09. The number of carbonyl (C=O) groups excluding carboxylic acids is 1. The monoisotopic (exact) mass is 306 g/mol. The Labute approximate surface area is 130 Å². The Morgan fingerprint density at radius 1 is 1.36 bits per heavy atom. The van der Waals surface area contributed by atoms with E-state index in [-0.39, 0.29) is 17.8 Å². The van der Waals surface area contributed by atoms with Gasteiger partial charge < -0.3 is 9.91 Å². The lowest BCUT2D eigenvalue weighted by atomic mass is 10.1. The van der Waals surface area contributed by atoms with Gasteiger partial charge in [0.05, 0.1) is 0 Å². The van der Waals surface area contributed by atoms with E-state index >= 15 is 0 Å². The molecule has 2 heterocycles. The van der Waals surface area contributed by atoms with Crippen LogP contribution >= 0.6 is 0 Å². The summed E-state index contributed by atoms with van der Waals surface area (Å²) >= 11 is 0. The van der Waals surface area contributed by atoms with Gasteiger partial charge in [-0.25, -0.2) is 9.82 Å². The Bertz CT molecular complexity index is 520. The summed E-state index contributed by atoms with van der Waals surface area (Å²) in [5, 5.41) is 1.86. The molecule has 1 amide bonds. The van der Waals surface area contributed by atoms with Gasteiger partial charge in [-0.05, 0) is 31.1 Å². The smallest absolute Gasteiger partial charge is 0.243 e. The normalized spacial score (nSPS) is 26.2. The zero-order chi connectivity index (χ0) is 15.5. The lowest BCUT2D eigenvalue weighted by Gasteiger charge is -2.39. The van der Waals surface area contributed by atoms with Crippen LogP contribution in [0.15, 0.2) is 35.8 Å². The van der Waals surface area contributed by atoms with Crippen LogP contribution in [0.3, 0.4) is 0 Å². The molecule has 3 aliphatic rings. The Morgan fingerprint density at radius 3 is 2.73 bits per heavy atom. The van der Waals surface area contributed by atoms with Gasteiger partial charge in [-0.1, -0.05) is 6.08 Å². The number of piperazine rings is 1. The van der Waals surface area contributed by atoms with Crippen LogP contribution in [0.25, 0.3) is 0 Å². The second kappa shape index (κ2) is 6.62. The third kappa shape index (κ3) is 3.56. The van der Waals surface area contributed by atoms with Gasteiger partial charge >= 0.3 is 0 Å². The summed E-state index contributed by atoms with van der Waals surface area (Å²) in [5.74, 6) is 0.00903. The fourth-order valence-corrected chi connectivity index (χ4v) is 3.09. The maximum atomic E-state index is 13.0. The molecule has 1 N–H and O–H groups in total. The summed E-state index contributed by atoms with van der Waals surface area (Å²) in [6, 6.07) is 0.266. The number of amides is 1. The van der Waals surface area contributed by atoms with Gasteiger partial charge in [-0.2, -0.15) is 0 Å². The van der Waals surface area contributed by atoms with E-state index in [9.17, 15) is 9.18 Å². The first-order valence-electron chi connectivity index (χ1n) is 7.85. The minimum absolute atomic E-state index is 0.147. The third-order valence-corrected chi connectivity index (χ3v) is 4.41. The highest BCUT2D eigenvalue weighted by Crippen LogP contribution is 2.18. The topological polar surface area (TPSA) is 38.8 Å². The van der Waals surface area contributed by atoms with Crippen LogP contribution in [-0.4, -0.2) is 66.0 Å². The first-order chi connectivity index (χ1) is 10.6. The number of hydrogen-bond donors (Lipinski definition) is 1. The maximum Gasteiger partial charge on any atom is 0.243 e. The summed E-state index contributed by atoms with van der Waals surface area (Å²) < 4.78 is 13.0. The van der Waals surface area contributed by atoms with E-state index in [1.807, 2.05) is 29.1 Å². The molecule has 0 saturated carbocycles. The zero-order valence-electron chi connectivity index (χ0n) is 13.0. The highest BCUT2D eigenvalue weighted by molar-refractivity contribution is 5.78. The molecule has 2 aliphatic heterocycles. The molecule has 0 spiro atoms. The summed E-state index contributed by atoms with van der Waals surface area (Å²) in [7, 11) is 0. The van der Waals surface area contributed by atoms with E-state index in [0.717, 1.165) is 39.1 Å². The van der Waals surface area contributed by atoms with Gasteiger partial charge in [0.2, 0.25) is 5.91 Å². The highest BCUT2D eigenvalue weighted by Gasteiger charge is 2.26. The molecule has 1 fully saturated rings. The summed E-state index contributed by atoms with van der Waals surface area (Å²) in [4.78, 5) is 16.6. The molecule has 3 rings (SSSR count). The van der Waals surface area contributed by atoms with Crippen LogP contribution in [0, 0.1) is 0 Å². The average Bonchev–Trinajstić information content (AvgIpc) is 2.93. The van der Waals surface area contributed by atoms with Crippen LogP contribution in [0.5, 0.6) is 0 Å². The molecule has 5 nitrogen and oxygen atoms in total. The van der Waals surface area contributed by atoms with Gasteiger partial charge in [0, 0.05) is 45.0 Å². The van der Waals surface area contributed by atoms with E-state index in [1.165, 1.54) is 5.57 Å². The highest BCUT2D eigenvalue weighted by atomic mass is 19.1. The number of nitrogens with zero attached hydrogens (tertiary/aromatic N) is 3. The average molecular weight is 306 g/mol. The van der Waals surface area contributed by atoms with Crippen molar-refractivity contribution < 1.29 is 9.18 Å². The molecule has 1 saturated heterocycles. The molecule has 0 radical (unpaired) electrons. The molecule has 22 heavy (non-hydrogen) atoms. The lowest BCUT2D eigenvalue weighted by Crippen LogP contribution is -2.53. The van der Waals surface area contributed by atoms with Crippen molar-refractivity contribution in [1.29, 1.82) is 0 Å². The van der Waals surface area contributed by atoms with Gasteiger partial charge in [-0.15, -0.1) is 0 Å². The van der Waals surface area contributed by atoms with Crippen LogP contribution in [0.2, 0.25) is 0 Å². The first kappa shape index (κ1) is 15.2. The molecule has 0 aromatic carbocycles. The minimum atomic E-state index is -0.147. The maximum absolute atomic E-state index is 13.0. The van der Waals surface area contributed by atoms with Crippen molar-refractivity contribution in [2.75, 3.05) is 39.3 Å². The molecular formula is C16H23FN4O. The van der Waals surface area contributed by atoms with Gasteiger partial charge in [0.25, 0.3) is 0 Å². The Balaban J connectivity index is 1.45. The number of carbonyl (C=O) groups is 1. The predicted octanol–water partition coefficient (Wildman–Crippen LogP) is 1.04. The summed E-state index contributed by atoms with van der Waals surface area (Å²) in [6.45, 7) is 6.42. The van der Waals surface area contributed by atoms with Crippen molar-refractivity contribution in [2.24, 2.45) is 0 Å². The van der Waals surface area contributed by atoms with E-state index in [0.29, 0.717) is 6.54 Å². The number of halogens is 1. The van der Waals surface area contributed by atoms with E-state index in [4.69, 9.17) is 0 Å². The van der Waals surface area contributed by atoms with Crippen molar-refractivity contribution >= 4 is 5.91 Å². The number of hydrogen-bond acceptors (Lipinski definition) is 4. The van der Waals surface area contributed by atoms with Crippen molar-refractivity contribution in [3.63, 3.8) is 0 Å². The molecule has 120 valence electrons. The van der Waals surface area contributed by atoms with Crippen LogP contribution in [0.4, 0.5) is 4.39 Å². The SMILES string of the molecule is CC1=CN(CC(=O)N2CCN(C3C=CC(F)=CC3)CC2)NC1. The molecule has 1 aliphatic carbocycles. The largest absolute Gasteiger partial charge is 0.339 e. The minimum Gasteiger partial charge on any atom is -0.339 e. The van der Waals surface area contributed by atoms with E-state index in [1.54, 1.807) is 12.2 Å². The standard InChI is InChI=1S/C16H23FN4O/c1-13-10-18-21(11-13)12-16(22)20-8-6-19(7-9-20)15-4-2-14(17)3-5-15/h2-4,11,15,18H,5-10,12H2,1H3. The zero-order valence-corrected chi connectivity index (χ0v) is 13.0. The van der Waals surface area contributed by atoms with Gasteiger partial charge in [0.15, 0.2) is 0 Å². The molecule has 0 aromatic heterocycles. The van der Waals surface area contributed by atoms with Crippen molar-refractivity contribution in [1.82, 2.24) is 20.2 Å². The fraction of sp³-hybridized carbons (Fsp3) is 0.562. The van der Waals surface area contributed by atoms with Gasteiger partial charge in [0.1, 0.15) is 12.4 Å². The quantitative estimate of drug-likeness (QED) is 0.845. The molecular weight excluding hydrogens is 283 g/mol. The lowest BCUT2D eigenvalue weighted by molar-refractivity contribution is -0.134. The third-order valence-electron chi connectivity index (χ3n) is 4.41. The molecule has 1 atom stereocenters. The number of hydrazine groups is 1. The number of nitrogens with one attached hydrogen (secondary N) is 1. The molecule has 0 aromatic rings. The van der Waals surface area contributed by atoms with Crippen molar-refractivity contribution in [3.8, 4) is 0 Å². The van der Waals surface area contributed by atoms with Crippen LogP contribution in [0.1, 0.15) is 13.3 Å². The summed E-state index contributed by atoms with van der Waals surface area (Å²) in [5.41, 5.74) is 4.41. The summed E-state index contributed by atoms with van der Waals surface area (Å²) in [6.07, 6.45) is 7.81. The second-order valence-corrected chi connectivity index (χ2v) is 6.11. The van der Waals surface area contributed by atoms with Crippen molar-refractivity contribution in [2.45, 2.75) is 19.4 Å². The number of rotatable bonds is 3. The van der Waals surface area contributed by atoms with E-state index in [2.05, 4.69) is 10.3 Å². The van der Waals surface area contributed by atoms with Gasteiger partial charge in [-0.3, -0.25) is 9.69 Å². The second-order valence-electron chi connectivity index (χ2n) is 6.11. The Kier molecular flexibility index (Phi) is 4.59. The van der Waals surface area contributed by atoms with E-state index < -0.39 is 0 Å². The predicted molar refractivity (Wildman–Crippen MR) is 83.4 cm³/mol.